The number of nitro benzene ring substituents is 1. The molecule has 0 saturated heterocycles. The van der Waals surface area contributed by atoms with Crippen LogP contribution in [0, 0.1) is 10.1 Å². The summed E-state index contributed by atoms with van der Waals surface area (Å²) in [6.45, 7) is 3.20. The normalized spacial score (nSPS) is 13.8. The molecule has 0 bridgehead atoms. The largest absolute Gasteiger partial charge is 0.468 e. The third-order valence-corrected chi connectivity index (χ3v) is 4.78. The van der Waals surface area contributed by atoms with E-state index in [-0.39, 0.29) is 18.1 Å². The Bertz CT molecular complexity index is 887. The molecule has 0 N–H and O–H groups in total. The van der Waals surface area contributed by atoms with Crippen LogP contribution in [0.2, 0.25) is 0 Å². The third-order valence-electron chi connectivity index (χ3n) is 4.78. The maximum Gasteiger partial charge on any atom is 0.325 e. The first-order valence-electron chi connectivity index (χ1n) is 8.63. The van der Waals surface area contributed by atoms with Crippen LogP contribution in [0.3, 0.4) is 0 Å². The molecular formula is C18H21N3O5. The molecule has 2 aromatic rings. The quantitative estimate of drug-likeness (QED) is 0.449. The second kappa shape index (κ2) is 7.15. The number of unbranched alkanes of at least 4 members (excludes halogenated alkanes) is 1. The summed E-state index contributed by atoms with van der Waals surface area (Å²) in [6, 6.07) is 4.47. The molecule has 0 radical (unpaired) electrons. The number of hydrogen-bond donors (Lipinski definition) is 0. The molecule has 8 nitrogen and oxygen atoms in total. The van der Waals surface area contributed by atoms with Gasteiger partial charge in [0.25, 0.3) is 11.6 Å². The van der Waals surface area contributed by atoms with Gasteiger partial charge in [-0.2, -0.15) is 0 Å². The number of nitro groups is 1. The fraction of sp³-hybridized carbons (Fsp3) is 0.444. The van der Waals surface area contributed by atoms with Crippen LogP contribution in [0.1, 0.15) is 35.8 Å². The molecule has 26 heavy (non-hydrogen) atoms. The highest BCUT2D eigenvalue weighted by Gasteiger charge is 2.32. The minimum absolute atomic E-state index is 0.0311. The van der Waals surface area contributed by atoms with E-state index in [2.05, 4.69) is 6.92 Å². The second-order valence-electron chi connectivity index (χ2n) is 6.34. The van der Waals surface area contributed by atoms with E-state index in [1.165, 1.54) is 19.2 Å². The summed E-state index contributed by atoms with van der Waals surface area (Å²) in [7, 11) is 1.29. The highest BCUT2D eigenvalue weighted by atomic mass is 16.6. The molecule has 1 amide bonds. The second-order valence-corrected chi connectivity index (χ2v) is 6.34. The molecule has 3 rings (SSSR count). The van der Waals surface area contributed by atoms with Crippen molar-refractivity contribution in [3.05, 3.63) is 39.6 Å². The van der Waals surface area contributed by atoms with Crippen LogP contribution >= 0.6 is 0 Å². The first kappa shape index (κ1) is 17.9. The molecule has 138 valence electrons. The summed E-state index contributed by atoms with van der Waals surface area (Å²) in [4.78, 5) is 37.3. The van der Waals surface area contributed by atoms with Gasteiger partial charge in [-0.25, -0.2) is 0 Å². The molecule has 0 spiro atoms. The number of hydrogen-bond acceptors (Lipinski definition) is 5. The van der Waals surface area contributed by atoms with Crippen molar-refractivity contribution in [2.24, 2.45) is 0 Å². The van der Waals surface area contributed by atoms with Gasteiger partial charge in [-0.3, -0.25) is 19.7 Å². The van der Waals surface area contributed by atoms with E-state index in [9.17, 15) is 19.7 Å². The van der Waals surface area contributed by atoms with E-state index in [1.54, 1.807) is 15.5 Å². The van der Waals surface area contributed by atoms with Gasteiger partial charge in [-0.15, -0.1) is 0 Å². The maximum atomic E-state index is 13.0. The van der Waals surface area contributed by atoms with Gasteiger partial charge in [0, 0.05) is 36.1 Å². The van der Waals surface area contributed by atoms with Crippen molar-refractivity contribution in [2.45, 2.75) is 32.7 Å². The molecular weight excluding hydrogens is 338 g/mol. The van der Waals surface area contributed by atoms with Crippen LogP contribution < -0.4 is 0 Å². The molecule has 0 fully saturated rings. The van der Waals surface area contributed by atoms with Gasteiger partial charge in [-0.1, -0.05) is 13.3 Å². The van der Waals surface area contributed by atoms with Crippen molar-refractivity contribution in [1.29, 1.82) is 0 Å². The monoisotopic (exact) mass is 359 g/mol. The number of methoxy groups -OCH3 is 1. The Balaban J connectivity index is 2.16. The van der Waals surface area contributed by atoms with Crippen LogP contribution in [-0.2, 0) is 22.5 Å². The number of non-ortho nitro benzene ring substituents is 1. The summed E-state index contributed by atoms with van der Waals surface area (Å²) >= 11 is 0. The first-order valence-corrected chi connectivity index (χ1v) is 8.63. The SMILES string of the molecule is CCCCN1CCc2c(n(CC(=O)OC)c3ccc([N+](=O)[O-])cc23)C1=O. The number of carbonyl (C=O) groups is 2. The van der Waals surface area contributed by atoms with Gasteiger partial charge < -0.3 is 14.2 Å². The zero-order valence-corrected chi connectivity index (χ0v) is 14.9. The van der Waals surface area contributed by atoms with E-state index in [4.69, 9.17) is 4.74 Å². The Morgan fingerprint density at radius 1 is 1.38 bits per heavy atom. The molecule has 2 heterocycles. The third kappa shape index (κ3) is 3.02. The molecule has 0 aliphatic carbocycles. The summed E-state index contributed by atoms with van der Waals surface area (Å²) < 4.78 is 6.39. The van der Waals surface area contributed by atoms with Crippen molar-refractivity contribution < 1.29 is 19.2 Å². The molecule has 0 unspecified atom stereocenters. The molecule has 1 aliphatic rings. The van der Waals surface area contributed by atoms with Crippen LogP contribution in [0.5, 0.6) is 0 Å². The lowest BCUT2D eigenvalue weighted by Gasteiger charge is -2.28. The lowest BCUT2D eigenvalue weighted by atomic mass is 10.0. The highest BCUT2D eigenvalue weighted by molar-refractivity contribution is 6.04. The predicted molar refractivity (Wildman–Crippen MR) is 95.1 cm³/mol. The standard InChI is InChI=1S/C18H21N3O5/c1-3-4-8-19-9-7-13-14-10-12(21(24)25)5-6-15(14)20(11-16(22)26-2)17(13)18(19)23/h5-6,10H,3-4,7-9,11H2,1-2H3. The topological polar surface area (TPSA) is 94.7 Å². The molecule has 1 aliphatic heterocycles. The number of benzene rings is 1. The fourth-order valence-corrected chi connectivity index (χ4v) is 3.44. The van der Waals surface area contributed by atoms with Gasteiger partial charge in [0.05, 0.1) is 12.0 Å². The Kier molecular flexibility index (Phi) is 4.92. The van der Waals surface area contributed by atoms with Gasteiger partial charge in [0.1, 0.15) is 12.2 Å². The lowest BCUT2D eigenvalue weighted by Crippen LogP contribution is -2.39. The number of aromatic nitrogens is 1. The summed E-state index contributed by atoms with van der Waals surface area (Å²) in [6.07, 6.45) is 2.49. The summed E-state index contributed by atoms with van der Waals surface area (Å²) in [5, 5.41) is 11.8. The zero-order chi connectivity index (χ0) is 18.8. The van der Waals surface area contributed by atoms with Gasteiger partial charge >= 0.3 is 5.97 Å². The molecule has 1 aromatic heterocycles. The smallest absolute Gasteiger partial charge is 0.325 e. The predicted octanol–water partition coefficient (Wildman–Crippen LogP) is 2.52. The fourth-order valence-electron chi connectivity index (χ4n) is 3.44. The number of nitrogens with zero attached hydrogens (tertiary/aromatic N) is 3. The molecule has 8 heteroatoms. The number of ether oxygens (including phenoxy) is 1. The van der Waals surface area contributed by atoms with E-state index in [0.717, 1.165) is 18.4 Å². The van der Waals surface area contributed by atoms with Crippen molar-refractivity contribution in [2.75, 3.05) is 20.2 Å². The van der Waals surface area contributed by atoms with Crippen molar-refractivity contribution in [3.8, 4) is 0 Å². The van der Waals surface area contributed by atoms with Gasteiger partial charge in [-0.05, 0) is 24.5 Å². The Labute approximate surface area is 150 Å². The lowest BCUT2D eigenvalue weighted by molar-refractivity contribution is -0.384. The average Bonchev–Trinajstić information content (AvgIpc) is 2.94. The average molecular weight is 359 g/mol. The Morgan fingerprint density at radius 2 is 2.15 bits per heavy atom. The Hall–Kier alpha value is -2.90. The van der Waals surface area contributed by atoms with Crippen LogP contribution in [0.25, 0.3) is 10.9 Å². The zero-order valence-electron chi connectivity index (χ0n) is 14.9. The van der Waals surface area contributed by atoms with Crippen molar-refractivity contribution >= 4 is 28.5 Å². The van der Waals surface area contributed by atoms with Crippen LogP contribution in [0.4, 0.5) is 5.69 Å². The van der Waals surface area contributed by atoms with Crippen molar-refractivity contribution in [3.63, 3.8) is 0 Å². The van der Waals surface area contributed by atoms with Gasteiger partial charge in [0.15, 0.2) is 0 Å². The highest BCUT2D eigenvalue weighted by Crippen LogP contribution is 2.33. The number of amides is 1. The number of carbonyl (C=O) groups excluding carboxylic acids is 2. The maximum absolute atomic E-state index is 13.0. The van der Waals surface area contributed by atoms with Gasteiger partial charge in [0.2, 0.25) is 0 Å². The number of rotatable bonds is 6. The van der Waals surface area contributed by atoms with E-state index >= 15 is 0 Å². The molecule has 0 atom stereocenters. The van der Waals surface area contributed by atoms with Crippen LogP contribution in [0.15, 0.2) is 18.2 Å². The van der Waals surface area contributed by atoms with E-state index < -0.39 is 10.9 Å². The summed E-state index contributed by atoms with van der Waals surface area (Å²) in [5.41, 5.74) is 1.81. The first-order chi connectivity index (χ1) is 12.5. The number of esters is 1. The van der Waals surface area contributed by atoms with E-state index in [0.29, 0.717) is 36.1 Å². The Morgan fingerprint density at radius 3 is 2.81 bits per heavy atom. The van der Waals surface area contributed by atoms with Crippen molar-refractivity contribution in [1.82, 2.24) is 9.47 Å². The molecule has 0 saturated carbocycles. The minimum atomic E-state index is -0.471. The van der Waals surface area contributed by atoms with Crippen LogP contribution in [-0.4, -0.2) is 46.5 Å². The minimum Gasteiger partial charge on any atom is -0.468 e. The number of fused-ring (bicyclic) bond motifs is 3. The summed E-state index contributed by atoms with van der Waals surface area (Å²) in [5.74, 6) is -0.607. The molecule has 1 aromatic carbocycles. The van der Waals surface area contributed by atoms with E-state index in [1.807, 2.05) is 0 Å².